The monoisotopic (exact) mass is 1120 g/mol. The van der Waals surface area contributed by atoms with Crippen LogP contribution in [0.1, 0.15) is 290 Å². The summed E-state index contributed by atoms with van der Waals surface area (Å²) in [6.45, 7) is 6.72. The Morgan fingerprint density at radius 3 is 1.23 bits per heavy atom. The van der Waals surface area contributed by atoms with E-state index in [1.54, 1.807) is 0 Å². The molecule has 0 aromatic rings. The van der Waals surface area contributed by atoms with Crippen molar-refractivity contribution in [3.63, 3.8) is 0 Å². The molecule has 0 fully saturated rings. The number of phosphoric acid groups is 1. The van der Waals surface area contributed by atoms with E-state index in [9.17, 15) is 19.0 Å². The molecule has 0 spiro atoms. The molecule has 1 N–H and O–H groups in total. The maximum absolute atomic E-state index is 13.6. The molecule has 0 rings (SSSR count). The Bertz CT molecular complexity index is 1630. The van der Waals surface area contributed by atoms with Crippen molar-refractivity contribution in [2.45, 2.75) is 303 Å². The number of hydrogen-bond donors (Lipinski definition) is 1. The van der Waals surface area contributed by atoms with Gasteiger partial charge in [-0.05, 0) is 83.1 Å². The van der Waals surface area contributed by atoms with Crippen LogP contribution in [0.5, 0.6) is 0 Å². The van der Waals surface area contributed by atoms with Gasteiger partial charge in [0.1, 0.15) is 19.3 Å². The van der Waals surface area contributed by atoms with Gasteiger partial charge < -0.3 is 28.5 Å². The molecule has 79 heavy (non-hydrogen) atoms. The van der Waals surface area contributed by atoms with Crippen molar-refractivity contribution in [2.75, 3.05) is 40.9 Å². The molecule has 0 aliphatic carbocycles. The zero-order chi connectivity index (χ0) is 57.9. The SMILES string of the molecule is CC/C=C\C/C=C\C/C=C\C/C=C\C/C=C\C/C=C\CCCCC(=O)OC(/C=C/CCCCCCCCCCC)C(COP(=O)([O-])OCC[N+](C)(C)C)NC(=O)CCCCCCCCCCCCCCCCCCCCCCC. The molecule has 9 nitrogen and oxygen atoms in total. The van der Waals surface area contributed by atoms with E-state index < -0.39 is 26.6 Å². The van der Waals surface area contributed by atoms with E-state index in [4.69, 9.17) is 13.8 Å². The minimum atomic E-state index is -4.71. The summed E-state index contributed by atoms with van der Waals surface area (Å²) in [7, 11) is 1.16. The molecule has 0 aliphatic heterocycles. The molecule has 0 saturated heterocycles. The van der Waals surface area contributed by atoms with Crippen LogP contribution in [0.2, 0.25) is 0 Å². The second kappa shape index (κ2) is 58.4. The number of esters is 1. The number of allylic oxidation sites excluding steroid dienone is 13. The third kappa shape index (κ3) is 59.6. The van der Waals surface area contributed by atoms with Crippen LogP contribution in [0.25, 0.3) is 0 Å². The lowest BCUT2D eigenvalue weighted by atomic mass is 10.0. The lowest BCUT2D eigenvalue weighted by Gasteiger charge is -2.30. The van der Waals surface area contributed by atoms with Gasteiger partial charge in [-0.3, -0.25) is 14.2 Å². The molecule has 0 bridgehead atoms. The van der Waals surface area contributed by atoms with Gasteiger partial charge in [-0.15, -0.1) is 0 Å². The highest BCUT2D eigenvalue weighted by Crippen LogP contribution is 2.38. The summed E-state index contributed by atoms with van der Waals surface area (Å²) in [4.78, 5) is 40.0. The Kier molecular flexibility index (Phi) is 56.3. The molecule has 0 aromatic heterocycles. The van der Waals surface area contributed by atoms with Crippen LogP contribution < -0.4 is 10.2 Å². The number of amides is 1. The summed E-state index contributed by atoms with van der Waals surface area (Å²) >= 11 is 0. The number of nitrogens with zero attached hydrogens (tertiary/aromatic N) is 1. The maximum Gasteiger partial charge on any atom is 0.306 e. The van der Waals surface area contributed by atoms with Crippen LogP contribution in [0.15, 0.2) is 85.1 Å². The second-order valence-electron chi connectivity index (χ2n) is 23.2. The van der Waals surface area contributed by atoms with Crippen LogP contribution in [0, 0.1) is 0 Å². The Balaban J connectivity index is 5.21. The number of rotatable bonds is 59. The fraction of sp³-hybridized carbons (Fsp3) is 0.768. The number of hydrogen-bond acceptors (Lipinski definition) is 7. The number of carbonyl (C=O) groups excluding carboxylic acids is 2. The highest BCUT2D eigenvalue weighted by molar-refractivity contribution is 7.45. The van der Waals surface area contributed by atoms with Gasteiger partial charge in [-0.2, -0.15) is 0 Å². The third-order valence-corrected chi connectivity index (χ3v) is 15.3. The molecular formula is C69H125N2O7P. The Morgan fingerprint density at radius 1 is 0.456 bits per heavy atom. The molecule has 3 unspecified atom stereocenters. The standard InChI is InChI=1S/C69H125N2O7P/c1-7-10-13-16-19-22-25-27-29-31-33-35-37-39-41-43-46-49-52-55-58-61-68(72)70-66(65-77-79(74,75)76-64-63-71(4,5)6)67(60-57-54-51-48-45-24-21-18-15-12-9-3)78-69(73)62-59-56-53-50-47-44-42-40-38-36-34-32-30-28-26-23-20-17-14-11-8-2/h11,14,20,23,28,30,34,36,40,42,47,50,57,60,66-67H,7-10,12-13,15-19,21-22,24-27,29,31-33,35,37-39,41,43-46,48-49,51-56,58-59,61-65H2,1-6H3,(H-,70,72,74,75)/b14-11-,23-20-,30-28-,36-34-,42-40-,50-47-,60-57+. The first kappa shape index (κ1) is 76.2. The number of ether oxygens (including phenoxy) is 1. The topological polar surface area (TPSA) is 114 Å². The van der Waals surface area contributed by atoms with Crippen LogP contribution in [0.3, 0.4) is 0 Å². The normalized spacial score (nSPS) is 14.2. The van der Waals surface area contributed by atoms with Gasteiger partial charge in [0.25, 0.3) is 7.82 Å². The molecular weight excluding hydrogens is 1000 g/mol. The van der Waals surface area contributed by atoms with E-state index in [-0.39, 0.29) is 24.9 Å². The number of phosphoric ester groups is 1. The summed E-state index contributed by atoms with van der Waals surface area (Å²) in [5.41, 5.74) is 0. The van der Waals surface area contributed by atoms with E-state index in [0.29, 0.717) is 23.9 Å². The van der Waals surface area contributed by atoms with E-state index in [0.717, 1.165) is 89.9 Å². The lowest BCUT2D eigenvalue weighted by molar-refractivity contribution is -0.870. The van der Waals surface area contributed by atoms with Crippen LogP contribution in [-0.4, -0.2) is 69.4 Å². The van der Waals surface area contributed by atoms with E-state index in [2.05, 4.69) is 99.0 Å². The van der Waals surface area contributed by atoms with Gasteiger partial charge >= 0.3 is 5.97 Å². The van der Waals surface area contributed by atoms with Crippen molar-refractivity contribution >= 4 is 19.7 Å². The zero-order valence-corrected chi connectivity index (χ0v) is 53.2. The quantitative estimate of drug-likeness (QED) is 0.0212. The van der Waals surface area contributed by atoms with Gasteiger partial charge in [0.2, 0.25) is 5.91 Å². The van der Waals surface area contributed by atoms with Crippen molar-refractivity contribution in [3.8, 4) is 0 Å². The molecule has 458 valence electrons. The smallest absolute Gasteiger partial charge is 0.306 e. The fourth-order valence-corrected chi connectivity index (χ4v) is 10.0. The maximum atomic E-state index is 13.6. The van der Waals surface area contributed by atoms with Crippen molar-refractivity contribution in [3.05, 3.63) is 85.1 Å². The Labute approximate surface area is 488 Å². The third-order valence-electron chi connectivity index (χ3n) is 14.3. The average molecular weight is 1130 g/mol. The van der Waals surface area contributed by atoms with Gasteiger partial charge in [0, 0.05) is 12.8 Å². The highest BCUT2D eigenvalue weighted by Gasteiger charge is 2.27. The number of likely N-dealkylation sites (N-methyl/N-ethyl adjacent to an activating group) is 1. The van der Waals surface area contributed by atoms with E-state index >= 15 is 0 Å². The van der Waals surface area contributed by atoms with Gasteiger partial charge in [0.15, 0.2) is 0 Å². The predicted octanol–water partition coefficient (Wildman–Crippen LogP) is 19.9. The number of unbranched alkanes of at least 4 members (excludes halogenated alkanes) is 31. The van der Waals surface area contributed by atoms with Gasteiger partial charge in [-0.1, -0.05) is 280 Å². The number of carbonyl (C=O) groups is 2. The highest BCUT2D eigenvalue weighted by atomic mass is 31.2. The summed E-state index contributed by atoms with van der Waals surface area (Å²) in [5.74, 6) is -0.587. The van der Waals surface area contributed by atoms with E-state index in [1.807, 2.05) is 33.3 Å². The average Bonchev–Trinajstić information content (AvgIpc) is 3.41. The minimum absolute atomic E-state index is 0.0313. The molecule has 0 saturated carbocycles. The van der Waals surface area contributed by atoms with Crippen LogP contribution in [-0.2, 0) is 27.9 Å². The second-order valence-corrected chi connectivity index (χ2v) is 24.7. The molecule has 3 atom stereocenters. The fourth-order valence-electron chi connectivity index (χ4n) is 9.29. The number of nitrogens with one attached hydrogen (secondary N) is 1. The molecule has 10 heteroatoms. The Morgan fingerprint density at radius 2 is 0.810 bits per heavy atom. The predicted molar refractivity (Wildman–Crippen MR) is 339 cm³/mol. The molecule has 0 aliphatic rings. The van der Waals surface area contributed by atoms with Crippen molar-refractivity contribution in [1.82, 2.24) is 5.32 Å². The first-order valence-corrected chi connectivity index (χ1v) is 34.4. The Hall–Kier alpha value is -2.81. The van der Waals surface area contributed by atoms with Gasteiger partial charge in [0.05, 0.1) is 33.8 Å². The lowest BCUT2D eigenvalue weighted by Crippen LogP contribution is -2.47. The summed E-state index contributed by atoms with van der Waals surface area (Å²) in [5, 5.41) is 3.02. The largest absolute Gasteiger partial charge is 0.756 e. The van der Waals surface area contributed by atoms with Gasteiger partial charge in [-0.25, -0.2) is 0 Å². The van der Waals surface area contributed by atoms with Crippen LogP contribution in [0.4, 0.5) is 0 Å². The first-order chi connectivity index (χ1) is 38.4. The van der Waals surface area contributed by atoms with E-state index in [1.165, 1.54) is 161 Å². The molecule has 0 heterocycles. The van der Waals surface area contributed by atoms with Crippen molar-refractivity contribution in [2.24, 2.45) is 0 Å². The minimum Gasteiger partial charge on any atom is -0.756 e. The van der Waals surface area contributed by atoms with Crippen molar-refractivity contribution in [1.29, 1.82) is 0 Å². The summed E-state index contributed by atoms with van der Waals surface area (Å²) < 4.78 is 30.3. The zero-order valence-electron chi connectivity index (χ0n) is 52.3. The number of quaternary nitrogens is 1. The summed E-state index contributed by atoms with van der Waals surface area (Å²) in [6.07, 6.45) is 77.1. The van der Waals surface area contributed by atoms with Crippen LogP contribution >= 0.6 is 7.82 Å². The molecule has 1 amide bonds. The molecule has 0 aromatic carbocycles. The molecule has 0 radical (unpaired) electrons. The summed E-state index contributed by atoms with van der Waals surface area (Å²) in [6, 6.07) is -0.908. The first-order valence-electron chi connectivity index (χ1n) is 32.9. The van der Waals surface area contributed by atoms with Crippen molar-refractivity contribution < 1.29 is 37.3 Å².